The highest BCUT2D eigenvalue weighted by Gasteiger charge is 2.26. The standard InChI is InChI=1S/C19H19BrN2O5S/c20-17-6-2-1-5-16(17)19(24)27-13-18(23)21-14-7-9-15(10-8-14)28(25,26)22-11-3-4-12-22/h1-2,5-10H,3-4,11-13H2,(H,21,23). The molecule has 1 saturated heterocycles. The molecule has 1 fully saturated rings. The van der Waals surface area contributed by atoms with E-state index in [0.717, 1.165) is 12.8 Å². The number of nitrogens with zero attached hydrogens (tertiary/aromatic N) is 1. The van der Waals surface area contributed by atoms with Gasteiger partial charge in [-0.1, -0.05) is 12.1 Å². The zero-order chi connectivity index (χ0) is 20.1. The highest BCUT2D eigenvalue weighted by atomic mass is 79.9. The molecule has 9 heteroatoms. The molecule has 1 aliphatic rings. The topological polar surface area (TPSA) is 92.8 Å². The second-order valence-electron chi connectivity index (χ2n) is 6.24. The van der Waals surface area contributed by atoms with Crippen molar-refractivity contribution in [2.75, 3.05) is 25.0 Å². The van der Waals surface area contributed by atoms with Gasteiger partial charge in [0.05, 0.1) is 10.5 Å². The molecule has 0 atom stereocenters. The first-order valence-electron chi connectivity index (χ1n) is 8.69. The van der Waals surface area contributed by atoms with Gasteiger partial charge < -0.3 is 10.1 Å². The van der Waals surface area contributed by atoms with Gasteiger partial charge in [0, 0.05) is 23.2 Å². The summed E-state index contributed by atoms with van der Waals surface area (Å²) >= 11 is 3.25. The lowest BCUT2D eigenvalue weighted by atomic mass is 10.2. The number of esters is 1. The fourth-order valence-corrected chi connectivity index (χ4v) is 4.78. The first kappa shape index (κ1) is 20.5. The molecule has 0 aromatic heterocycles. The molecule has 0 aliphatic carbocycles. The Morgan fingerprint density at radius 2 is 1.68 bits per heavy atom. The van der Waals surface area contributed by atoms with E-state index in [0.29, 0.717) is 28.8 Å². The van der Waals surface area contributed by atoms with Crippen molar-refractivity contribution in [3.05, 3.63) is 58.6 Å². The Labute approximate surface area is 171 Å². The summed E-state index contributed by atoms with van der Waals surface area (Å²) < 4.78 is 32.0. The number of nitrogens with one attached hydrogen (secondary N) is 1. The maximum Gasteiger partial charge on any atom is 0.339 e. The molecular weight excluding hydrogens is 448 g/mol. The summed E-state index contributed by atoms with van der Waals surface area (Å²) in [4.78, 5) is 24.2. The molecule has 28 heavy (non-hydrogen) atoms. The summed E-state index contributed by atoms with van der Waals surface area (Å²) in [6.45, 7) is 0.613. The van der Waals surface area contributed by atoms with Gasteiger partial charge >= 0.3 is 5.97 Å². The number of ether oxygens (including phenoxy) is 1. The molecular formula is C19H19BrN2O5S. The van der Waals surface area contributed by atoms with E-state index in [1.165, 1.54) is 28.6 Å². The molecule has 1 heterocycles. The molecule has 1 N–H and O–H groups in total. The summed E-state index contributed by atoms with van der Waals surface area (Å²) in [5.74, 6) is -1.13. The van der Waals surface area contributed by atoms with Gasteiger partial charge in [0.2, 0.25) is 10.0 Å². The third kappa shape index (κ3) is 4.78. The number of hydrogen-bond acceptors (Lipinski definition) is 5. The Balaban J connectivity index is 1.56. The van der Waals surface area contributed by atoms with Crippen LogP contribution in [0.2, 0.25) is 0 Å². The minimum Gasteiger partial charge on any atom is -0.452 e. The van der Waals surface area contributed by atoms with Crippen LogP contribution in [0.4, 0.5) is 5.69 Å². The van der Waals surface area contributed by atoms with Crippen LogP contribution in [0, 0.1) is 0 Å². The lowest BCUT2D eigenvalue weighted by Gasteiger charge is -2.15. The first-order valence-corrected chi connectivity index (χ1v) is 10.9. The monoisotopic (exact) mass is 466 g/mol. The number of sulfonamides is 1. The Morgan fingerprint density at radius 3 is 2.32 bits per heavy atom. The maximum absolute atomic E-state index is 12.5. The lowest BCUT2D eigenvalue weighted by molar-refractivity contribution is -0.119. The predicted octanol–water partition coefficient (Wildman–Crippen LogP) is 3.03. The highest BCUT2D eigenvalue weighted by Crippen LogP contribution is 2.22. The molecule has 0 bridgehead atoms. The van der Waals surface area contributed by atoms with Crippen molar-refractivity contribution in [1.82, 2.24) is 4.31 Å². The van der Waals surface area contributed by atoms with Crippen molar-refractivity contribution in [3.63, 3.8) is 0 Å². The third-order valence-electron chi connectivity index (χ3n) is 4.27. The van der Waals surface area contributed by atoms with Gasteiger partial charge in [-0.25, -0.2) is 13.2 Å². The summed E-state index contributed by atoms with van der Waals surface area (Å²) in [5, 5.41) is 2.58. The largest absolute Gasteiger partial charge is 0.452 e. The molecule has 2 aromatic carbocycles. The molecule has 1 amide bonds. The van der Waals surface area contributed by atoms with Crippen LogP contribution in [0.25, 0.3) is 0 Å². The summed E-state index contributed by atoms with van der Waals surface area (Å²) in [7, 11) is -3.49. The van der Waals surface area contributed by atoms with E-state index in [-0.39, 0.29) is 4.90 Å². The summed E-state index contributed by atoms with van der Waals surface area (Å²) in [6.07, 6.45) is 1.73. The Kier molecular flexibility index (Phi) is 6.48. The number of carbonyl (C=O) groups is 2. The van der Waals surface area contributed by atoms with Crippen LogP contribution < -0.4 is 5.32 Å². The average molecular weight is 467 g/mol. The second kappa shape index (κ2) is 8.85. The van der Waals surface area contributed by atoms with Crippen molar-refractivity contribution in [3.8, 4) is 0 Å². The van der Waals surface area contributed by atoms with Crippen LogP contribution in [0.3, 0.4) is 0 Å². The van der Waals surface area contributed by atoms with Crippen LogP contribution in [0.1, 0.15) is 23.2 Å². The van der Waals surface area contributed by atoms with E-state index in [2.05, 4.69) is 21.2 Å². The van der Waals surface area contributed by atoms with Gasteiger partial charge in [-0.3, -0.25) is 4.79 Å². The molecule has 0 spiro atoms. The molecule has 148 valence electrons. The predicted molar refractivity (Wildman–Crippen MR) is 107 cm³/mol. The van der Waals surface area contributed by atoms with Crippen LogP contribution in [0.15, 0.2) is 57.9 Å². The van der Waals surface area contributed by atoms with E-state index in [4.69, 9.17) is 4.74 Å². The minimum absolute atomic E-state index is 0.188. The van der Waals surface area contributed by atoms with Crippen molar-refractivity contribution < 1.29 is 22.7 Å². The molecule has 0 radical (unpaired) electrons. The Bertz CT molecular complexity index is 970. The third-order valence-corrected chi connectivity index (χ3v) is 6.87. The molecule has 0 unspecified atom stereocenters. The zero-order valence-electron chi connectivity index (χ0n) is 14.9. The van der Waals surface area contributed by atoms with E-state index < -0.39 is 28.5 Å². The van der Waals surface area contributed by atoms with Crippen LogP contribution in [0.5, 0.6) is 0 Å². The van der Waals surface area contributed by atoms with Gasteiger partial charge in [0.1, 0.15) is 0 Å². The van der Waals surface area contributed by atoms with Crippen LogP contribution in [-0.2, 0) is 19.6 Å². The number of amides is 1. The van der Waals surface area contributed by atoms with Crippen LogP contribution in [-0.4, -0.2) is 44.3 Å². The number of halogens is 1. The zero-order valence-corrected chi connectivity index (χ0v) is 17.3. The average Bonchev–Trinajstić information content (AvgIpc) is 3.23. The SMILES string of the molecule is O=C(COC(=O)c1ccccc1Br)Nc1ccc(S(=O)(=O)N2CCCC2)cc1. The number of anilines is 1. The summed E-state index contributed by atoms with van der Waals surface area (Å²) in [5.41, 5.74) is 0.745. The van der Waals surface area contributed by atoms with E-state index >= 15 is 0 Å². The van der Waals surface area contributed by atoms with Gasteiger partial charge in [-0.15, -0.1) is 0 Å². The molecule has 0 saturated carbocycles. The normalized spacial score (nSPS) is 14.6. The maximum atomic E-state index is 12.5. The number of hydrogen-bond donors (Lipinski definition) is 1. The van der Waals surface area contributed by atoms with Gasteiger partial charge in [0.15, 0.2) is 6.61 Å². The van der Waals surface area contributed by atoms with Crippen molar-refractivity contribution >= 4 is 43.5 Å². The van der Waals surface area contributed by atoms with Crippen molar-refractivity contribution in [2.24, 2.45) is 0 Å². The smallest absolute Gasteiger partial charge is 0.339 e. The fraction of sp³-hybridized carbons (Fsp3) is 0.263. The van der Waals surface area contributed by atoms with Gasteiger partial charge in [-0.2, -0.15) is 4.31 Å². The highest BCUT2D eigenvalue weighted by molar-refractivity contribution is 9.10. The molecule has 3 rings (SSSR count). The fourth-order valence-electron chi connectivity index (χ4n) is 2.82. The minimum atomic E-state index is -3.49. The van der Waals surface area contributed by atoms with Gasteiger partial charge in [-0.05, 0) is 65.2 Å². The quantitative estimate of drug-likeness (QED) is 0.660. The lowest BCUT2D eigenvalue weighted by Crippen LogP contribution is -2.27. The Morgan fingerprint density at radius 1 is 1.04 bits per heavy atom. The van der Waals surface area contributed by atoms with Crippen LogP contribution >= 0.6 is 15.9 Å². The molecule has 7 nitrogen and oxygen atoms in total. The number of rotatable bonds is 6. The Hall–Kier alpha value is -2.23. The number of benzene rings is 2. The van der Waals surface area contributed by atoms with Crippen molar-refractivity contribution in [1.29, 1.82) is 0 Å². The van der Waals surface area contributed by atoms with E-state index in [9.17, 15) is 18.0 Å². The van der Waals surface area contributed by atoms with E-state index in [1.807, 2.05) is 0 Å². The second-order valence-corrected chi connectivity index (χ2v) is 9.03. The van der Waals surface area contributed by atoms with Gasteiger partial charge in [0.25, 0.3) is 5.91 Å². The number of carbonyl (C=O) groups excluding carboxylic acids is 2. The summed E-state index contributed by atoms with van der Waals surface area (Å²) in [6, 6.07) is 12.7. The molecule has 2 aromatic rings. The van der Waals surface area contributed by atoms with Crippen molar-refractivity contribution in [2.45, 2.75) is 17.7 Å². The first-order chi connectivity index (χ1) is 13.4. The van der Waals surface area contributed by atoms with E-state index in [1.54, 1.807) is 24.3 Å². The molecule has 1 aliphatic heterocycles.